The molecule has 1 aromatic rings. The van der Waals surface area contributed by atoms with Crippen LogP contribution in [-0.2, 0) is 0 Å². The molecule has 2 heterocycles. The number of likely N-dealkylation sites (tertiary alicyclic amines) is 1. The van der Waals surface area contributed by atoms with Crippen molar-refractivity contribution >= 4 is 11.9 Å². The van der Waals surface area contributed by atoms with Crippen molar-refractivity contribution in [1.29, 1.82) is 0 Å². The number of hydrogen-bond donors (Lipinski definition) is 1. The summed E-state index contributed by atoms with van der Waals surface area (Å²) in [5.41, 5.74) is 0. The van der Waals surface area contributed by atoms with Crippen LogP contribution in [0.15, 0.2) is 0 Å². The third kappa shape index (κ3) is 4.53. The number of hydrogen-bond acceptors (Lipinski definition) is 6. The molecule has 0 aliphatic carbocycles. The summed E-state index contributed by atoms with van der Waals surface area (Å²) in [7, 11) is 3.93. The fourth-order valence-electron chi connectivity index (χ4n) is 2.70. The maximum absolute atomic E-state index is 4.59. The summed E-state index contributed by atoms with van der Waals surface area (Å²) in [6.45, 7) is 10.00. The van der Waals surface area contributed by atoms with Gasteiger partial charge in [0, 0.05) is 39.1 Å². The van der Waals surface area contributed by atoms with Crippen molar-refractivity contribution in [3.05, 3.63) is 5.82 Å². The Morgan fingerprint density at radius 1 is 1.18 bits per heavy atom. The summed E-state index contributed by atoms with van der Waals surface area (Å²) in [5.74, 6) is 2.60. The lowest BCUT2D eigenvalue weighted by Gasteiger charge is -2.32. The second-order valence-corrected chi connectivity index (χ2v) is 6.63. The van der Waals surface area contributed by atoms with Crippen molar-refractivity contribution in [3.63, 3.8) is 0 Å². The maximum atomic E-state index is 4.59. The molecular weight excluding hydrogens is 276 g/mol. The topological polar surface area (TPSA) is 57.2 Å². The first kappa shape index (κ1) is 16.9. The minimum absolute atomic E-state index is 0.300. The molecule has 6 nitrogen and oxygen atoms in total. The van der Waals surface area contributed by atoms with Crippen molar-refractivity contribution in [2.45, 2.75) is 52.0 Å². The average molecular weight is 306 g/mol. The highest BCUT2D eigenvalue weighted by Gasteiger charge is 2.20. The summed E-state index contributed by atoms with van der Waals surface area (Å²) >= 11 is 0. The highest BCUT2D eigenvalue weighted by Crippen LogP contribution is 2.18. The Bertz CT molecular complexity index is 439. The van der Waals surface area contributed by atoms with Gasteiger partial charge in [-0.05, 0) is 25.8 Å². The van der Waals surface area contributed by atoms with E-state index in [1.54, 1.807) is 0 Å². The third-order valence-electron chi connectivity index (χ3n) is 4.02. The molecule has 0 saturated carbocycles. The van der Waals surface area contributed by atoms with Crippen LogP contribution in [-0.4, -0.2) is 59.6 Å². The minimum atomic E-state index is 0.300. The standard InChI is InChI=1S/C16H30N6/c1-6-9-22-10-7-13(8-11-22)17-15-18-14(12(2)3)19-16(20-15)21(4)5/h12-13H,6-11H2,1-5H3,(H,17,18,19,20). The lowest BCUT2D eigenvalue weighted by Crippen LogP contribution is -2.39. The van der Waals surface area contributed by atoms with Gasteiger partial charge in [0.25, 0.3) is 0 Å². The lowest BCUT2D eigenvalue weighted by atomic mass is 10.1. The normalized spacial score (nSPS) is 17.0. The molecule has 1 aromatic heterocycles. The van der Waals surface area contributed by atoms with Crippen LogP contribution in [0.1, 0.15) is 51.8 Å². The predicted octanol–water partition coefficient (Wildman–Crippen LogP) is 2.35. The van der Waals surface area contributed by atoms with Gasteiger partial charge in [0.05, 0.1) is 0 Å². The summed E-state index contributed by atoms with van der Waals surface area (Å²) in [5, 5.41) is 3.52. The molecule has 1 N–H and O–H groups in total. The van der Waals surface area contributed by atoms with Crippen LogP contribution in [0.4, 0.5) is 11.9 Å². The third-order valence-corrected chi connectivity index (χ3v) is 4.02. The molecule has 22 heavy (non-hydrogen) atoms. The van der Waals surface area contributed by atoms with E-state index in [0.29, 0.717) is 12.0 Å². The van der Waals surface area contributed by atoms with E-state index in [1.807, 2.05) is 19.0 Å². The number of rotatable bonds is 6. The number of piperidine rings is 1. The van der Waals surface area contributed by atoms with Crippen molar-refractivity contribution < 1.29 is 0 Å². The first-order valence-corrected chi connectivity index (χ1v) is 8.41. The van der Waals surface area contributed by atoms with Crippen LogP contribution in [0, 0.1) is 0 Å². The highest BCUT2D eigenvalue weighted by molar-refractivity contribution is 5.37. The van der Waals surface area contributed by atoms with Crippen molar-refractivity contribution in [1.82, 2.24) is 19.9 Å². The molecule has 6 heteroatoms. The van der Waals surface area contributed by atoms with E-state index >= 15 is 0 Å². The van der Waals surface area contributed by atoms with Gasteiger partial charge in [-0.1, -0.05) is 20.8 Å². The van der Waals surface area contributed by atoms with Gasteiger partial charge in [-0.3, -0.25) is 0 Å². The summed E-state index contributed by atoms with van der Waals surface area (Å²) in [4.78, 5) is 18.1. The van der Waals surface area contributed by atoms with Gasteiger partial charge in [0.1, 0.15) is 5.82 Å². The van der Waals surface area contributed by atoms with Crippen LogP contribution in [0.25, 0.3) is 0 Å². The van der Waals surface area contributed by atoms with Gasteiger partial charge < -0.3 is 15.1 Å². The number of nitrogens with one attached hydrogen (secondary N) is 1. The first-order chi connectivity index (χ1) is 10.5. The van der Waals surface area contributed by atoms with Crippen LogP contribution >= 0.6 is 0 Å². The van der Waals surface area contributed by atoms with E-state index in [2.05, 4.69) is 45.9 Å². The molecule has 124 valence electrons. The van der Waals surface area contributed by atoms with E-state index in [1.165, 1.54) is 13.0 Å². The van der Waals surface area contributed by atoms with Gasteiger partial charge in [-0.25, -0.2) is 0 Å². The van der Waals surface area contributed by atoms with Gasteiger partial charge >= 0.3 is 0 Å². The molecule has 1 aliphatic heterocycles. The fourth-order valence-corrected chi connectivity index (χ4v) is 2.70. The molecule has 0 unspecified atom stereocenters. The Labute approximate surface area is 134 Å². The van der Waals surface area contributed by atoms with Gasteiger partial charge in [-0.15, -0.1) is 0 Å². The molecule has 0 spiro atoms. The Balaban J connectivity index is 2.03. The van der Waals surface area contributed by atoms with Gasteiger partial charge in [0.2, 0.25) is 11.9 Å². The van der Waals surface area contributed by atoms with E-state index in [0.717, 1.165) is 43.7 Å². The molecular formula is C16H30N6. The minimum Gasteiger partial charge on any atom is -0.351 e. The summed E-state index contributed by atoms with van der Waals surface area (Å²) < 4.78 is 0. The Morgan fingerprint density at radius 3 is 2.41 bits per heavy atom. The maximum Gasteiger partial charge on any atom is 0.229 e. The lowest BCUT2D eigenvalue weighted by molar-refractivity contribution is 0.219. The largest absolute Gasteiger partial charge is 0.351 e. The SMILES string of the molecule is CCCN1CCC(Nc2nc(C(C)C)nc(N(C)C)n2)CC1. The highest BCUT2D eigenvalue weighted by atomic mass is 15.3. The van der Waals surface area contributed by atoms with E-state index in [-0.39, 0.29) is 0 Å². The molecule has 1 saturated heterocycles. The van der Waals surface area contributed by atoms with Crippen molar-refractivity contribution in [2.24, 2.45) is 0 Å². The van der Waals surface area contributed by atoms with Crippen LogP contribution < -0.4 is 10.2 Å². The molecule has 0 bridgehead atoms. The van der Waals surface area contributed by atoms with Crippen molar-refractivity contribution in [2.75, 3.05) is 43.9 Å². The van der Waals surface area contributed by atoms with Gasteiger partial charge in [0.15, 0.2) is 0 Å². The predicted molar refractivity (Wildman–Crippen MR) is 91.6 cm³/mol. The van der Waals surface area contributed by atoms with Crippen LogP contribution in [0.5, 0.6) is 0 Å². The average Bonchev–Trinajstić information content (AvgIpc) is 2.49. The van der Waals surface area contributed by atoms with Gasteiger partial charge in [-0.2, -0.15) is 15.0 Å². The van der Waals surface area contributed by atoms with E-state index in [9.17, 15) is 0 Å². The molecule has 0 atom stereocenters. The molecule has 0 aromatic carbocycles. The number of anilines is 2. The molecule has 1 fully saturated rings. The number of nitrogens with zero attached hydrogens (tertiary/aromatic N) is 5. The Hall–Kier alpha value is -1.43. The zero-order valence-corrected chi connectivity index (χ0v) is 14.6. The van der Waals surface area contributed by atoms with Crippen molar-refractivity contribution in [3.8, 4) is 0 Å². The monoisotopic (exact) mass is 306 g/mol. The smallest absolute Gasteiger partial charge is 0.229 e. The second kappa shape index (κ2) is 7.72. The Morgan fingerprint density at radius 2 is 1.86 bits per heavy atom. The quantitative estimate of drug-likeness (QED) is 0.870. The fraction of sp³-hybridized carbons (Fsp3) is 0.812. The summed E-state index contributed by atoms with van der Waals surface area (Å²) in [6.07, 6.45) is 3.54. The zero-order valence-electron chi connectivity index (χ0n) is 14.6. The molecule has 0 amide bonds. The molecule has 0 radical (unpaired) electrons. The van der Waals surface area contributed by atoms with E-state index in [4.69, 9.17) is 0 Å². The zero-order chi connectivity index (χ0) is 16.1. The molecule has 1 aliphatic rings. The molecule has 2 rings (SSSR count). The Kier molecular flexibility index (Phi) is 5.94. The van der Waals surface area contributed by atoms with Crippen LogP contribution in [0.2, 0.25) is 0 Å². The van der Waals surface area contributed by atoms with Crippen LogP contribution in [0.3, 0.4) is 0 Å². The summed E-state index contributed by atoms with van der Waals surface area (Å²) in [6, 6.07) is 0.463. The first-order valence-electron chi connectivity index (χ1n) is 8.41. The van der Waals surface area contributed by atoms with E-state index < -0.39 is 0 Å². The second-order valence-electron chi connectivity index (χ2n) is 6.63. The number of aromatic nitrogens is 3.